The fraction of sp³-hybridized carbons (Fsp3) is 0.385. The highest BCUT2D eigenvalue weighted by molar-refractivity contribution is 7.90. The van der Waals surface area contributed by atoms with Crippen molar-refractivity contribution in [1.29, 1.82) is 0 Å². The van der Waals surface area contributed by atoms with Crippen LogP contribution in [0.5, 0.6) is 0 Å². The Bertz CT molecular complexity index is 680. The first-order valence-electron chi connectivity index (χ1n) is 6.28. The van der Waals surface area contributed by atoms with Crippen molar-refractivity contribution in [3.8, 4) is 11.5 Å². The van der Waals surface area contributed by atoms with Gasteiger partial charge in [0.15, 0.2) is 9.84 Å². The van der Waals surface area contributed by atoms with Gasteiger partial charge in [0, 0.05) is 18.2 Å². The standard InChI is InChI=1S/C13H17N3O3S/c1-14-8-4-7-12-15-16-13(19-12)10-5-3-6-11(9-10)20(2,17)18/h3,5-6,9,14H,4,7-8H2,1-2H3. The molecule has 0 aliphatic heterocycles. The summed E-state index contributed by atoms with van der Waals surface area (Å²) < 4.78 is 28.6. The second-order valence-electron chi connectivity index (χ2n) is 4.51. The van der Waals surface area contributed by atoms with Crippen LogP contribution in [0.15, 0.2) is 33.6 Å². The SMILES string of the molecule is CNCCCc1nnc(-c2cccc(S(C)(=O)=O)c2)o1. The van der Waals surface area contributed by atoms with E-state index in [2.05, 4.69) is 15.5 Å². The van der Waals surface area contributed by atoms with E-state index in [1.807, 2.05) is 7.05 Å². The third kappa shape index (κ3) is 3.64. The Kier molecular flexibility index (Phi) is 4.51. The number of nitrogens with zero attached hydrogens (tertiary/aromatic N) is 2. The second-order valence-corrected chi connectivity index (χ2v) is 6.52. The molecule has 0 bridgehead atoms. The first-order valence-corrected chi connectivity index (χ1v) is 8.17. The quantitative estimate of drug-likeness (QED) is 0.808. The lowest BCUT2D eigenvalue weighted by Gasteiger charge is -2.00. The van der Waals surface area contributed by atoms with Crippen molar-refractivity contribution in [2.24, 2.45) is 0 Å². The molecular formula is C13H17N3O3S. The van der Waals surface area contributed by atoms with Crippen molar-refractivity contribution in [3.05, 3.63) is 30.2 Å². The summed E-state index contributed by atoms with van der Waals surface area (Å²) in [5, 5.41) is 11.0. The number of benzene rings is 1. The topological polar surface area (TPSA) is 85.1 Å². The Morgan fingerprint density at radius 2 is 2.10 bits per heavy atom. The van der Waals surface area contributed by atoms with Crippen molar-refractivity contribution in [2.75, 3.05) is 19.8 Å². The lowest BCUT2D eigenvalue weighted by Crippen LogP contribution is -2.08. The molecule has 0 amide bonds. The van der Waals surface area contributed by atoms with E-state index in [1.165, 1.54) is 6.26 Å². The zero-order valence-electron chi connectivity index (χ0n) is 11.5. The minimum atomic E-state index is -3.24. The summed E-state index contributed by atoms with van der Waals surface area (Å²) in [5.74, 6) is 0.898. The third-order valence-corrected chi connectivity index (χ3v) is 3.90. The highest BCUT2D eigenvalue weighted by atomic mass is 32.2. The molecule has 0 atom stereocenters. The van der Waals surface area contributed by atoms with Crippen LogP contribution in [-0.2, 0) is 16.3 Å². The molecule has 2 rings (SSSR count). The predicted octanol–water partition coefficient (Wildman–Crippen LogP) is 1.29. The molecule has 0 fully saturated rings. The minimum Gasteiger partial charge on any atom is -0.421 e. The van der Waals surface area contributed by atoms with Crippen LogP contribution < -0.4 is 5.32 Å². The lowest BCUT2D eigenvalue weighted by molar-refractivity contribution is 0.494. The molecule has 1 N–H and O–H groups in total. The highest BCUT2D eigenvalue weighted by Crippen LogP contribution is 2.21. The molecule has 0 radical (unpaired) electrons. The maximum Gasteiger partial charge on any atom is 0.247 e. The number of sulfone groups is 1. The zero-order valence-corrected chi connectivity index (χ0v) is 12.3. The summed E-state index contributed by atoms with van der Waals surface area (Å²) in [6, 6.07) is 6.50. The van der Waals surface area contributed by atoms with Crippen molar-refractivity contribution >= 4 is 9.84 Å². The Morgan fingerprint density at radius 3 is 2.80 bits per heavy atom. The molecule has 0 aliphatic rings. The molecule has 0 saturated carbocycles. The van der Waals surface area contributed by atoms with E-state index < -0.39 is 9.84 Å². The number of hydrogen-bond donors (Lipinski definition) is 1. The van der Waals surface area contributed by atoms with Gasteiger partial charge in [0.1, 0.15) is 0 Å². The number of rotatable bonds is 6. The average molecular weight is 295 g/mol. The first-order chi connectivity index (χ1) is 9.50. The number of nitrogens with one attached hydrogen (secondary N) is 1. The molecule has 1 aromatic heterocycles. The van der Waals surface area contributed by atoms with Crippen molar-refractivity contribution in [2.45, 2.75) is 17.7 Å². The van der Waals surface area contributed by atoms with Gasteiger partial charge in [-0.2, -0.15) is 0 Å². The maximum absolute atomic E-state index is 11.5. The van der Waals surface area contributed by atoms with Crippen LogP contribution in [0.1, 0.15) is 12.3 Å². The predicted molar refractivity (Wildman–Crippen MR) is 75.1 cm³/mol. The molecule has 0 aliphatic carbocycles. The van der Waals surface area contributed by atoms with E-state index in [9.17, 15) is 8.42 Å². The minimum absolute atomic E-state index is 0.241. The van der Waals surface area contributed by atoms with Crippen LogP contribution in [0.3, 0.4) is 0 Å². The van der Waals surface area contributed by atoms with E-state index in [-0.39, 0.29) is 4.90 Å². The number of aromatic nitrogens is 2. The molecule has 20 heavy (non-hydrogen) atoms. The van der Waals surface area contributed by atoms with Crippen molar-refractivity contribution < 1.29 is 12.8 Å². The third-order valence-electron chi connectivity index (χ3n) is 2.79. The summed E-state index contributed by atoms with van der Waals surface area (Å²) >= 11 is 0. The molecule has 108 valence electrons. The van der Waals surface area contributed by atoms with Gasteiger partial charge >= 0.3 is 0 Å². The average Bonchev–Trinajstić information content (AvgIpc) is 2.87. The normalized spacial score (nSPS) is 11.7. The summed E-state index contributed by atoms with van der Waals surface area (Å²) in [6.45, 7) is 0.876. The Balaban J connectivity index is 2.20. The summed E-state index contributed by atoms with van der Waals surface area (Å²) in [7, 11) is -1.36. The molecule has 0 saturated heterocycles. The summed E-state index contributed by atoms with van der Waals surface area (Å²) in [6.07, 6.45) is 2.77. The van der Waals surface area contributed by atoms with Crippen LogP contribution >= 0.6 is 0 Å². The first kappa shape index (κ1) is 14.7. The highest BCUT2D eigenvalue weighted by Gasteiger charge is 2.12. The van der Waals surface area contributed by atoms with E-state index >= 15 is 0 Å². The van der Waals surface area contributed by atoms with Crippen LogP contribution in [0.2, 0.25) is 0 Å². The van der Waals surface area contributed by atoms with E-state index in [1.54, 1.807) is 24.3 Å². The monoisotopic (exact) mass is 295 g/mol. The van der Waals surface area contributed by atoms with E-state index in [0.29, 0.717) is 23.8 Å². The fourth-order valence-electron chi connectivity index (χ4n) is 1.75. The van der Waals surface area contributed by atoms with Gasteiger partial charge in [0.25, 0.3) is 0 Å². The van der Waals surface area contributed by atoms with Gasteiger partial charge in [0.2, 0.25) is 11.8 Å². The molecule has 0 unspecified atom stereocenters. The van der Waals surface area contributed by atoms with Gasteiger partial charge in [-0.05, 0) is 38.2 Å². The Hall–Kier alpha value is -1.73. The van der Waals surface area contributed by atoms with Crippen LogP contribution in [0, 0.1) is 0 Å². The van der Waals surface area contributed by atoms with Crippen molar-refractivity contribution in [3.63, 3.8) is 0 Å². The molecule has 6 nitrogen and oxygen atoms in total. The summed E-state index contributed by atoms with van der Waals surface area (Å²) in [4.78, 5) is 0.241. The van der Waals surface area contributed by atoms with Gasteiger partial charge in [-0.15, -0.1) is 10.2 Å². The van der Waals surface area contributed by atoms with Gasteiger partial charge in [-0.1, -0.05) is 6.07 Å². The second kappa shape index (κ2) is 6.15. The van der Waals surface area contributed by atoms with Gasteiger partial charge in [-0.25, -0.2) is 8.42 Å². The Morgan fingerprint density at radius 1 is 1.30 bits per heavy atom. The van der Waals surface area contributed by atoms with Gasteiger partial charge in [-0.3, -0.25) is 0 Å². The number of hydrogen-bond acceptors (Lipinski definition) is 6. The molecule has 2 aromatic rings. The van der Waals surface area contributed by atoms with Crippen LogP contribution in [0.4, 0.5) is 0 Å². The molecule has 0 spiro atoms. The van der Waals surface area contributed by atoms with Crippen LogP contribution in [0.25, 0.3) is 11.5 Å². The zero-order chi connectivity index (χ0) is 14.6. The maximum atomic E-state index is 11.5. The van der Waals surface area contributed by atoms with E-state index in [0.717, 1.165) is 13.0 Å². The largest absolute Gasteiger partial charge is 0.421 e. The lowest BCUT2D eigenvalue weighted by atomic mass is 10.2. The molecular weight excluding hydrogens is 278 g/mol. The number of aryl methyl sites for hydroxylation is 1. The fourth-order valence-corrected chi connectivity index (χ4v) is 2.41. The van der Waals surface area contributed by atoms with Crippen molar-refractivity contribution in [1.82, 2.24) is 15.5 Å². The van der Waals surface area contributed by atoms with Gasteiger partial charge in [0.05, 0.1) is 4.90 Å². The Labute approximate surface area is 118 Å². The van der Waals surface area contributed by atoms with E-state index in [4.69, 9.17) is 4.42 Å². The molecule has 1 heterocycles. The van der Waals surface area contributed by atoms with Crippen LogP contribution in [-0.4, -0.2) is 38.5 Å². The molecule has 1 aromatic carbocycles. The smallest absolute Gasteiger partial charge is 0.247 e. The molecule has 7 heteroatoms. The van der Waals surface area contributed by atoms with Gasteiger partial charge < -0.3 is 9.73 Å². The summed E-state index contributed by atoms with van der Waals surface area (Å²) in [5.41, 5.74) is 0.611.